The molecule has 1 aliphatic rings. The maximum absolute atomic E-state index is 12.2. The van der Waals surface area contributed by atoms with Crippen molar-refractivity contribution in [3.05, 3.63) is 22.4 Å². The van der Waals surface area contributed by atoms with E-state index in [1.54, 1.807) is 17.5 Å². The summed E-state index contributed by atoms with van der Waals surface area (Å²) in [5.74, 6) is -1.41. The van der Waals surface area contributed by atoms with Crippen molar-refractivity contribution in [2.24, 2.45) is 5.73 Å². The molecule has 1 aromatic rings. The molecule has 0 radical (unpaired) electrons. The maximum Gasteiger partial charge on any atom is 0.331 e. The molecule has 0 spiro atoms. The van der Waals surface area contributed by atoms with E-state index in [1.165, 1.54) is 11.3 Å². The van der Waals surface area contributed by atoms with Gasteiger partial charge in [-0.1, -0.05) is 25.3 Å². The number of rotatable bonds is 4. The molecule has 0 aromatic carbocycles. The van der Waals surface area contributed by atoms with Crippen molar-refractivity contribution in [2.45, 2.75) is 43.7 Å². The van der Waals surface area contributed by atoms with Gasteiger partial charge in [0.15, 0.2) is 6.04 Å². The zero-order valence-corrected chi connectivity index (χ0v) is 11.4. The number of thiophene rings is 1. The van der Waals surface area contributed by atoms with Crippen LogP contribution >= 0.6 is 11.3 Å². The van der Waals surface area contributed by atoms with Crippen LogP contribution in [0.4, 0.5) is 0 Å². The Bertz CT molecular complexity index is 452. The van der Waals surface area contributed by atoms with Crippen molar-refractivity contribution in [3.63, 3.8) is 0 Å². The number of aliphatic carboxylic acids is 1. The van der Waals surface area contributed by atoms with Crippen LogP contribution in [0.15, 0.2) is 17.5 Å². The summed E-state index contributed by atoms with van der Waals surface area (Å²) in [5, 5.41) is 13.6. The van der Waals surface area contributed by atoms with E-state index in [2.05, 4.69) is 5.32 Å². The Labute approximate surface area is 115 Å². The lowest BCUT2D eigenvalue weighted by atomic mass is 9.81. The van der Waals surface area contributed by atoms with Crippen LogP contribution in [0, 0.1) is 0 Å². The van der Waals surface area contributed by atoms with Gasteiger partial charge in [-0.2, -0.15) is 0 Å². The highest BCUT2D eigenvalue weighted by atomic mass is 32.1. The lowest BCUT2D eigenvalue weighted by molar-refractivity contribution is -0.143. The number of nitrogens with one attached hydrogen (secondary N) is 1. The summed E-state index contributed by atoms with van der Waals surface area (Å²) < 4.78 is 0. The number of hydrogen-bond acceptors (Lipinski definition) is 4. The normalized spacial score (nSPS) is 19.6. The quantitative estimate of drug-likeness (QED) is 0.783. The second kappa shape index (κ2) is 5.71. The van der Waals surface area contributed by atoms with E-state index in [4.69, 9.17) is 5.73 Å². The molecule has 5 nitrogen and oxygen atoms in total. The molecule has 1 aliphatic carbocycles. The van der Waals surface area contributed by atoms with E-state index in [-0.39, 0.29) is 5.91 Å². The number of carboxylic acids is 1. The molecule has 1 atom stereocenters. The largest absolute Gasteiger partial charge is 0.479 e. The minimum atomic E-state index is -1.06. The zero-order valence-electron chi connectivity index (χ0n) is 10.6. The summed E-state index contributed by atoms with van der Waals surface area (Å²) in [5.41, 5.74) is 5.19. The highest BCUT2D eigenvalue weighted by Gasteiger charge is 2.37. The van der Waals surface area contributed by atoms with E-state index in [0.29, 0.717) is 17.7 Å². The van der Waals surface area contributed by atoms with Crippen LogP contribution in [0.5, 0.6) is 0 Å². The van der Waals surface area contributed by atoms with Crippen molar-refractivity contribution in [1.29, 1.82) is 0 Å². The molecule has 19 heavy (non-hydrogen) atoms. The highest BCUT2D eigenvalue weighted by Crippen LogP contribution is 2.27. The zero-order chi connectivity index (χ0) is 13.9. The van der Waals surface area contributed by atoms with Crippen LogP contribution in [0.3, 0.4) is 0 Å². The summed E-state index contributed by atoms with van der Waals surface area (Å²) in [6.07, 6.45) is 4.16. The fourth-order valence-electron chi connectivity index (χ4n) is 2.39. The predicted octanol–water partition coefficient (Wildman–Crippen LogP) is 1.65. The minimum absolute atomic E-state index is 0.354. The molecule has 104 valence electrons. The molecule has 2 rings (SSSR count). The van der Waals surface area contributed by atoms with Crippen molar-refractivity contribution in [2.75, 3.05) is 0 Å². The molecular formula is C13H18N2O3S. The lowest BCUT2D eigenvalue weighted by Gasteiger charge is -2.32. The molecule has 1 heterocycles. The molecular weight excluding hydrogens is 264 g/mol. The van der Waals surface area contributed by atoms with Crippen LogP contribution in [0.2, 0.25) is 0 Å². The lowest BCUT2D eigenvalue weighted by Crippen LogP contribution is -2.56. The van der Waals surface area contributed by atoms with E-state index in [0.717, 1.165) is 19.3 Å². The number of nitrogens with two attached hydrogens (primary N) is 1. The Kier molecular flexibility index (Phi) is 4.21. The van der Waals surface area contributed by atoms with E-state index in [9.17, 15) is 14.7 Å². The molecule has 1 amide bonds. The van der Waals surface area contributed by atoms with Gasteiger partial charge in [0.2, 0.25) is 5.91 Å². The summed E-state index contributed by atoms with van der Waals surface area (Å²) in [4.78, 5) is 24.1. The molecule has 6 heteroatoms. The highest BCUT2D eigenvalue weighted by molar-refractivity contribution is 7.10. The number of carboxylic acid groups (broad SMARTS) is 1. The van der Waals surface area contributed by atoms with Gasteiger partial charge < -0.3 is 16.2 Å². The monoisotopic (exact) mass is 282 g/mol. The molecule has 0 bridgehead atoms. The Balaban J connectivity index is 2.09. The Morgan fingerprint density at radius 2 is 2.05 bits per heavy atom. The number of amides is 1. The van der Waals surface area contributed by atoms with Crippen LogP contribution in [-0.2, 0) is 9.59 Å². The van der Waals surface area contributed by atoms with Crippen molar-refractivity contribution in [1.82, 2.24) is 5.32 Å². The maximum atomic E-state index is 12.2. The summed E-state index contributed by atoms with van der Waals surface area (Å²) in [7, 11) is 0. The third-order valence-corrected chi connectivity index (χ3v) is 4.49. The molecule has 4 N–H and O–H groups in total. The number of carbonyl (C=O) groups is 2. The fourth-order valence-corrected chi connectivity index (χ4v) is 3.16. The third kappa shape index (κ3) is 3.13. The molecule has 1 fully saturated rings. The van der Waals surface area contributed by atoms with Gasteiger partial charge in [0.1, 0.15) is 0 Å². The Morgan fingerprint density at radius 3 is 2.58 bits per heavy atom. The second-order valence-electron chi connectivity index (χ2n) is 4.98. The minimum Gasteiger partial charge on any atom is -0.479 e. The first-order valence-electron chi connectivity index (χ1n) is 6.39. The molecule has 1 aromatic heterocycles. The first-order valence-corrected chi connectivity index (χ1v) is 7.27. The van der Waals surface area contributed by atoms with Crippen molar-refractivity contribution < 1.29 is 14.7 Å². The first-order chi connectivity index (χ1) is 9.03. The SMILES string of the molecule is NC1(C(=O)NC(C(=O)O)c2cccs2)CCCCC1. The molecule has 1 unspecified atom stereocenters. The third-order valence-electron chi connectivity index (χ3n) is 3.55. The average molecular weight is 282 g/mol. The Hall–Kier alpha value is -1.40. The van der Waals surface area contributed by atoms with Crippen LogP contribution in [0.25, 0.3) is 0 Å². The van der Waals surface area contributed by atoms with E-state index in [1.807, 2.05) is 0 Å². The smallest absolute Gasteiger partial charge is 0.331 e. The van der Waals surface area contributed by atoms with Gasteiger partial charge in [0.25, 0.3) is 0 Å². The van der Waals surface area contributed by atoms with Crippen molar-refractivity contribution in [3.8, 4) is 0 Å². The first kappa shape index (κ1) is 14.0. The predicted molar refractivity (Wildman–Crippen MR) is 72.8 cm³/mol. The van der Waals surface area contributed by atoms with Crippen LogP contribution in [-0.4, -0.2) is 22.5 Å². The van der Waals surface area contributed by atoms with Crippen LogP contribution in [0.1, 0.15) is 43.0 Å². The summed E-state index contributed by atoms with van der Waals surface area (Å²) in [6, 6.07) is 2.46. The summed E-state index contributed by atoms with van der Waals surface area (Å²) >= 11 is 1.31. The van der Waals surface area contributed by atoms with Gasteiger partial charge >= 0.3 is 5.97 Å². The van der Waals surface area contributed by atoms with Gasteiger partial charge in [-0.15, -0.1) is 11.3 Å². The average Bonchev–Trinajstić information content (AvgIpc) is 2.89. The fraction of sp³-hybridized carbons (Fsp3) is 0.538. The van der Waals surface area contributed by atoms with Crippen molar-refractivity contribution >= 4 is 23.2 Å². The molecule has 0 saturated heterocycles. The Morgan fingerprint density at radius 1 is 1.37 bits per heavy atom. The topological polar surface area (TPSA) is 92.4 Å². The molecule has 1 saturated carbocycles. The summed E-state index contributed by atoms with van der Waals surface area (Å²) in [6.45, 7) is 0. The van der Waals surface area contributed by atoms with E-state index < -0.39 is 17.6 Å². The van der Waals surface area contributed by atoms with E-state index >= 15 is 0 Å². The van der Waals surface area contributed by atoms with Gasteiger partial charge in [-0.3, -0.25) is 4.79 Å². The number of carbonyl (C=O) groups excluding carboxylic acids is 1. The number of hydrogen-bond donors (Lipinski definition) is 3. The second-order valence-corrected chi connectivity index (χ2v) is 5.96. The van der Waals surface area contributed by atoms with Crippen LogP contribution < -0.4 is 11.1 Å². The van der Waals surface area contributed by atoms with Gasteiger partial charge in [-0.25, -0.2) is 4.79 Å². The van der Waals surface area contributed by atoms with Gasteiger partial charge in [-0.05, 0) is 24.3 Å². The van der Waals surface area contributed by atoms with Gasteiger partial charge in [0.05, 0.1) is 5.54 Å². The molecule has 0 aliphatic heterocycles. The van der Waals surface area contributed by atoms with Gasteiger partial charge in [0, 0.05) is 4.88 Å². The standard InChI is InChI=1S/C13H18N2O3S/c14-13(6-2-1-3-7-13)12(18)15-10(11(16)17)9-5-4-8-19-9/h4-5,8,10H,1-3,6-7,14H2,(H,15,18)(H,16,17).